The summed E-state index contributed by atoms with van der Waals surface area (Å²) in [5.41, 5.74) is 5.96. The highest BCUT2D eigenvalue weighted by atomic mass is 32.1. The van der Waals surface area contributed by atoms with E-state index in [1.165, 1.54) is 16.8 Å². The molecular formula is C20H22N4OS. The molecule has 1 saturated carbocycles. The standard InChI is InChI=1S/C20H22N4OS/c1-13-12-26-19(22-13)15-10-16-17(11-15)21-5-4-18(16)23-6-8-24(9-7-23)20(25)14-2-3-14/h4-5,10,12,14H,2-3,6-9,11H2,1H3. The SMILES string of the molecule is Cc1csc(C2=Cc3c(N4CCN(C(=O)C5CC5)CC4)ccnc3C2)n1. The lowest BCUT2D eigenvalue weighted by atomic mass is 10.1. The summed E-state index contributed by atoms with van der Waals surface area (Å²) in [6.07, 6.45) is 7.20. The second kappa shape index (κ2) is 6.20. The monoisotopic (exact) mass is 366 g/mol. The summed E-state index contributed by atoms with van der Waals surface area (Å²) in [7, 11) is 0. The maximum Gasteiger partial charge on any atom is 0.225 e. The lowest BCUT2D eigenvalue weighted by Gasteiger charge is -2.37. The number of hydrogen-bond donors (Lipinski definition) is 0. The number of anilines is 1. The van der Waals surface area contributed by atoms with Gasteiger partial charge in [-0.25, -0.2) is 4.98 Å². The molecule has 0 unspecified atom stereocenters. The summed E-state index contributed by atoms with van der Waals surface area (Å²) in [6.45, 7) is 5.49. The minimum absolute atomic E-state index is 0.318. The number of piperazine rings is 1. The molecule has 26 heavy (non-hydrogen) atoms. The van der Waals surface area contributed by atoms with Gasteiger partial charge < -0.3 is 9.80 Å². The quantitative estimate of drug-likeness (QED) is 0.838. The van der Waals surface area contributed by atoms with Gasteiger partial charge in [-0.1, -0.05) is 0 Å². The zero-order valence-electron chi connectivity index (χ0n) is 14.9. The van der Waals surface area contributed by atoms with Gasteiger partial charge in [-0.2, -0.15) is 0 Å². The van der Waals surface area contributed by atoms with Crippen molar-refractivity contribution >= 4 is 34.6 Å². The summed E-state index contributed by atoms with van der Waals surface area (Å²) in [5.74, 6) is 0.685. The fourth-order valence-electron chi connectivity index (χ4n) is 3.88. The average Bonchev–Trinajstić information content (AvgIpc) is 3.27. The molecule has 134 valence electrons. The van der Waals surface area contributed by atoms with Crippen LogP contribution < -0.4 is 4.90 Å². The first-order valence-electron chi connectivity index (χ1n) is 9.34. The van der Waals surface area contributed by atoms with Gasteiger partial charge in [0.15, 0.2) is 0 Å². The van der Waals surface area contributed by atoms with Crippen LogP contribution in [0.3, 0.4) is 0 Å². The van der Waals surface area contributed by atoms with Crippen molar-refractivity contribution in [3.8, 4) is 0 Å². The molecule has 3 heterocycles. The van der Waals surface area contributed by atoms with Crippen LogP contribution in [0.25, 0.3) is 11.6 Å². The third-order valence-corrected chi connectivity index (χ3v) is 6.51. The van der Waals surface area contributed by atoms with Gasteiger partial charge in [0, 0.05) is 67.0 Å². The largest absolute Gasteiger partial charge is 0.367 e. The number of thiazole rings is 1. The van der Waals surface area contributed by atoms with Gasteiger partial charge in [-0.3, -0.25) is 9.78 Å². The van der Waals surface area contributed by atoms with E-state index in [0.29, 0.717) is 11.8 Å². The van der Waals surface area contributed by atoms with E-state index in [0.717, 1.165) is 61.8 Å². The molecule has 1 amide bonds. The fourth-order valence-corrected chi connectivity index (χ4v) is 4.69. The first kappa shape index (κ1) is 16.0. The molecule has 2 fully saturated rings. The first-order chi connectivity index (χ1) is 12.7. The average molecular weight is 366 g/mol. The van der Waals surface area contributed by atoms with E-state index in [1.54, 1.807) is 11.3 Å². The number of amides is 1. The number of aryl methyl sites for hydroxylation is 1. The van der Waals surface area contributed by atoms with E-state index < -0.39 is 0 Å². The molecule has 5 nitrogen and oxygen atoms in total. The molecule has 0 atom stereocenters. The Hall–Kier alpha value is -2.21. The zero-order chi connectivity index (χ0) is 17.7. The Morgan fingerprint density at radius 2 is 2.04 bits per heavy atom. The van der Waals surface area contributed by atoms with Gasteiger partial charge >= 0.3 is 0 Å². The van der Waals surface area contributed by atoms with Crippen LogP contribution in [-0.4, -0.2) is 47.0 Å². The van der Waals surface area contributed by atoms with Crippen LogP contribution in [0.2, 0.25) is 0 Å². The van der Waals surface area contributed by atoms with E-state index >= 15 is 0 Å². The maximum atomic E-state index is 12.3. The highest BCUT2D eigenvalue weighted by Crippen LogP contribution is 2.37. The smallest absolute Gasteiger partial charge is 0.225 e. The minimum Gasteiger partial charge on any atom is -0.367 e. The summed E-state index contributed by atoms with van der Waals surface area (Å²) < 4.78 is 0. The molecule has 2 aromatic rings. The Balaban J connectivity index is 1.36. The van der Waals surface area contributed by atoms with Crippen molar-refractivity contribution in [2.24, 2.45) is 5.92 Å². The third kappa shape index (κ3) is 2.82. The first-order valence-corrected chi connectivity index (χ1v) is 10.2. The topological polar surface area (TPSA) is 49.3 Å². The molecule has 1 saturated heterocycles. The molecule has 0 N–H and O–H groups in total. The highest BCUT2D eigenvalue weighted by molar-refractivity contribution is 7.10. The van der Waals surface area contributed by atoms with E-state index in [9.17, 15) is 4.79 Å². The van der Waals surface area contributed by atoms with Gasteiger partial charge in [-0.15, -0.1) is 11.3 Å². The molecule has 1 aliphatic heterocycles. The Bertz CT molecular complexity index is 891. The highest BCUT2D eigenvalue weighted by Gasteiger charge is 2.35. The van der Waals surface area contributed by atoms with E-state index in [4.69, 9.17) is 0 Å². The summed E-state index contributed by atoms with van der Waals surface area (Å²) >= 11 is 1.71. The lowest BCUT2D eigenvalue weighted by molar-refractivity contribution is -0.132. The maximum absolute atomic E-state index is 12.3. The number of hydrogen-bond acceptors (Lipinski definition) is 5. The second-order valence-electron chi connectivity index (χ2n) is 7.42. The van der Waals surface area contributed by atoms with Gasteiger partial charge in [0.2, 0.25) is 5.91 Å². The van der Waals surface area contributed by atoms with Crippen LogP contribution in [0.4, 0.5) is 5.69 Å². The van der Waals surface area contributed by atoms with Crippen LogP contribution in [-0.2, 0) is 11.2 Å². The van der Waals surface area contributed by atoms with Gasteiger partial charge in [0.1, 0.15) is 5.01 Å². The summed E-state index contributed by atoms with van der Waals surface area (Å²) in [6, 6.07) is 2.11. The molecule has 0 spiro atoms. The zero-order valence-corrected chi connectivity index (χ0v) is 15.8. The van der Waals surface area contributed by atoms with Crippen LogP contribution in [0.15, 0.2) is 17.6 Å². The molecule has 0 bridgehead atoms. The molecule has 2 aromatic heterocycles. The molecule has 5 rings (SSSR count). The molecule has 0 radical (unpaired) electrons. The van der Waals surface area contributed by atoms with E-state index in [1.807, 2.05) is 13.1 Å². The van der Waals surface area contributed by atoms with Crippen LogP contribution in [0.5, 0.6) is 0 Å². The number of pyridine rings is 1. The molecule has 2 aliphatic carbocycles. The lowest BCUT2D eigenvalue weighted by Crippen LogP contribution is -2.49. The van der Waals surface area contributed by atoms with Crippen LogP contribution in [0, 0.1) is 12.8 Å². The van der Waals surface area contributed by atoms with Gasteiger partial charge in [-0.05, 0) is 37.5 Å². The Kier molecular flexibility index (Phi) is 3.81. The number of fused-ring (bicyclic) bond motifs is 1. The number of carbonyl (C=O) groups is 1. The Morgan fingerprint density at radius 3 is 2.73 bits per heavy atom. The van der Waals surface area contributed by atoms with Crippen molar-refractivity contribution in [1.82, 2.24) is 14.9 Å². The van der Waals surface area contributed by atoms with Crippen molar-refractivity contribution in [2.45, 2.75) is 26.2 Å². The van der Waals surface area contributed by atoms with Gasteiger partial charge in [0.25, 0.3) is 0 Å². The number of carbonyl (C=O) groups excluding carboxylic acids is 1. The summed E-state index contributed by atoms with van der Waals surface area (Å²) in [4.78, 5) is 26.0. The van der Waals surface area contributed by atoms with E-state index in [2.05, 4.69) is 37.3 Å². The third-order valence-electron chi connectivity index (χ3n) is 5.48. The van der Waals surface area contributed by atoms with Crippen molar-refractivity contribution in [3.63, 3.8) is 0 Å². The number of aromatic nitrogens is 2. The Labute approximate surface area is 157 Å². The minimum atomic E-state index is 0.318. The number of nitrogens with zero attached hydrogens (tertiary/aromatic N) is 4. The van der Waals surface area contributed by atoms with E-state index in [-0.39, 0.29) is 0 Å². The molecule has 3 aliphatic rings. The van der Waals surface area contributed by atoms with Gasteiger partial charge in [0.05, 0.1) is 5.69 Å². The molecule has 0 aromatic carbocycles. The van der Waals surface area contributed by atoms with Crippen LogP contribution in [0.1, 0.15) is 34.8 Å². The predicted molar refractivity (Wildman–Crippen MR) is 104 cm³/mol. The Morgan fingerprint density at radius 1 is 1.23 bits per heavy atom. The second-order valence-corrected chi connectivity index (χ2v) is 8.28. The van der Waals surface area contributed by atoms with Crippen molar-refractivity contribution in [3.05, 3.63) is 39.6 Å². The number of allylic oxidation sites excluding steroid dienone is 1. The van der Waals surface area contributed by atoms with Crippen molar-refractivity contribution in [1.29, 1.82) is 0 Å². The molecule has 6 heteroatoms. The van der Waals surface area contributed by atoms with Crippen molar-refractivity contribution < 1.29 is 4.79 Å². The fraction of sp³-hybridized carbons (Fsp3) is 0.450. The normalized spacial score (nSPS) is 19.5. The molecular weight excluding hydrogens is 344 g/mol. The van der Waals surface area contributed by atoms with Crippen LogP contribution >= 0.6 is 11.3 Å². The predicted octanol–water partition coefficient (Wildman–Crippen LogP) is 3.00. The van der Waals surface area contributed by atoms with Crippen molar-refractivity contribution in [2.75, 3.05) is 31.1 Å². The number of rotatable bonds is 3. The summed E-state index contributed by atoms with van der Waals surface area (Å²) in [5, 5.41) is 3.20.